The Hall–Kier alpha value is -2.02. The van der Waals surface area contributed by atoms with Crippen molar-refractivity contribution in [3.05, 3.63) is 40.8 Å². The van der Waals surface area contributed by atoms with Crippen LogP contribution in [-0.2, 0) is 4.79 Å². The molecule has 2 N–H and O–H groups in total. The van der Waals surface area contributed by atoms with Crippen molar-refractivity contribution in [1.29, 1.82) is 0 Å². The standard InChI is InChI=1S/C14H18N4O2S/c1-3-10(2)15-12(19)9-21-13-16-14(20)18(17-13)11-7-5-4-6-8-11/h4-8,10H,3,9H2,1-2H3,(H,15,19)(H,16,17,20)/t10-/m1/s1. The zero-order chi connectivity index (χ0) is 15.2. The first-order chi connectivity index (χ1) is 10.1. The van der Waals surface area contributed by atoms with Gasteiger partial charge in [-0.25, -0.2) is 4.79 Å². The monoisotopic (exact) mass is 306 g/mol. The second kappa shape index (κ2) is 7.12. The minimum absolute atomic E-state index is 0.0653. The molecule has 7 heteroatoms. The molecular weight excluding hydrogens is 288 g/mol. The Labute approximate surface area is 127 Å². The summed E-state index contributed by atoms with van der Waals surface area (Å²) in [5.74, 6) is 0.163. The minimum atomic E-state index is -0.314. The lowest BCUT2D eigenvalue weighted by molar-refractivity contribution is -0.119. The molecule has 1 atom stereocenters. The summed E-state index contributed by atoms with van der Waals surface area (Å²) in [6.07, 6.45) is 0.885. The molecule has 2 rings (SSSR count). The fraction of sp³-hybridized carbons (Fsp3) is 0.357. The summed E-state index contributed by atoms with van der Waals surface area (Å²) in [6.45, 7) is 3.96. The van der Waals surface area contributed by atoms with Crippen LogP contribution in [0.15, 0.2) is 40.3 Å². The van der Waals surface area contributed by atoms with Crippen LogP contribution in [0.3, 0.4) is 0 Å². The van der Waals surface area contributed by atoms with Crippen molar-refractivity contribution >= 4 is 17.7 Å². The zero-order valence-electron chi connectivity index (χ0n) is 12.0. The molecule has 1 amide bonds. The fourth-order valence-corrected chi connectivity index (χ4v) is 2.32. The molecule has 0 aliphatic rings. The molecule has 0 saturated heterocycles. The summed E-state index contributed by atoms with van der Waals surface area (Å²) in [5, 5.41) is 7.48. The van der Waals surface area contributed by atoms with Crippen molar-refractivity contribution in [3.8, 4) is 5.69 Å². The number of nitrogens with one attached hydrogen (secondary N) is 2. The lowest BCUT2D eigenvalue weighted by Crippen LogP contribution is -2.33. The predicted molar refractivity (Wildman–Crippen MR) is 82.8 cm³/mol. The Morgan fingerprint density at radius 1 is 1.43 bits per heavy atom. The van der Waals surface area contributed by atoms with Gasteiger partial charge in [-0.1, -0.05) is 36.9 Å². The molecule has 0 bridgehead atoms. The number of nitrogens with zero attached hydrogens (tertiary/aromatic N) is 2. The maximum Gasteiger partial charge on any atom is 0.348 e. The number of H-pyrrole nitrogens is 1. The molecule has 1 aromatic carbocycles. The maximum atomic E-state index is 11.8. The van der Waals surface area contributed by atoms with E-state index in [0.717, 1.165) is 6.42 Å². The predicted octanol–water partition coefficient (Wildman–Crippen LogP) is 1.57. The molecule has 2 aromatic rings. The zero-order valence-corrected chi connectivity index (χ0v) is 12.8. The average Bonchev–Trinajstić information content (AvgIpc) is 2.87. The van der Waals surface area contributed by atoms with E-state index in [-0.39, 0.29) is 23.4 Å². The number of rotatable bonds is 6. The third kappa shape index (κ3) is 4.22. The van der Waals surface area contributed by atoms with Crippen molar-refractivity contribution in [1.82, 2.24) is 20.1 Å². The quantitative estimate of drug-likeness (QED) is 0.794. The summed E-state index contributed by atoms with van der Waals surface area (Å²) >= 11 is 1.21. The molecule has 0 fully saturated rings. The van der Waals surface area contributed by atoms with Crippen molar-refractivity contribution < 1.29 is 4.79 Å². The van der Waals surface area contributed by atoms with Gasteiger partial charge in [-0.2, -0.15) is 4.68 Å². The Morgan fingerprint density at radius 2 is 2.14 bits per heavy atom. The molecule has 0 aliphatic heterocycles. The number of carbonyl (C=O) groups is 1. The van der Waals surface area contributed by atoms with Gasteiger partial charge in [0.05, 0.1) is 11.4 Å². The number of hydrogen-bond acceptors (Lipinski definition) is 4. The van der Waals surface area contributed by atoms with Crippen LogP contribution in [0.2, 0.25) is 0 Å². The first kappa shape index (κ1) is 15.4. The molecule has 21 heavy (non-hydrogen) atoms. The number of para-hydroxylation sites is 1. The van der Waals surface area contributed by atoms with Gasteiger partial charge in [0.2, 0.25) is 5.91 Å². The number of carbonyl (C=O) groups excluding carboxylic acids is 1. The van der Waals surface area contributed by atoms with Crippen LogP contribution in [0.5, 0.6) is 0 Å². The van der Waals surface area contributed by atoms with Gasteiger partial charge in [0.25, 0.3) is 0 Å². The number of benzene rings is 1. The molecule has 0 saturated carbocycles. The molecule has 112 valence electrons. The van der Waals surface area contributed by atoms with Gasteiger partial charge < -0.3 is 5.32 Å². The molecule has 1 heterocycles. The second-order valence-corrected chi connectivity index (χ2v) is 5.61. The second-order valence-electron chi connectivity index (χ2n) is 4.65. The van der Waals surface area contributed by atoms with Gasteiger partial charge in [0, 0.05) is 6.04 Å². The van der Waals surface area contributed by atoms with Crippen LogP contribution in [0.1, 0.15) is 20.3 Å². The number of aromatic amines is 1. The number of aromatic nitrogens is 3. The Kier molecular flexibility index (Phi) is 5.21. The highest BCUT2D eigenvalue weighted by Crippen LogP contribution is 2.11. The molecule has 0 radical (unpaired) electrons. The van der Waals surface area contributed by atoms with Crippen LogP contribution in [0.4, 0.5) is 0 Å². The van der Waals surface area contributed by atoms with Crippen molar-refractivity contribution in [3.63, 3.8) is 0 Å². The highest BCUT2D eigenvalue weighted by Gasteiger charge is 2.10. The summed E-state index contributed by atoms with van der Waals surface area (Å²) in [6, 6.07) is 9.29. The van der Waals surface area contributed by atoms with E-state index in [0.29, 0.717) is 10.8 Å². The van der Waals surface area contributed by atoms with Crippen LogP contribution in [0.25, 0.3) is 5.69 Å². The normalized spacial score (nSPS) is 12.1. The number of amides is 1. The molecule has 6 nitrogen and oxygen atoms in total. The highest BCUT2D eigenvalue weighted by molar-refractivity contribution is 7.99. The fourth-order valence-electron chi connectivity index (χ4n) is 1.67. The van der Waals surface area contributed by atoms with E-state index >= 15 is 0 Å². The number of hydrogen-bond donors (Lipinski definition) is 2. The topological polar surface area (TPSA) is 79.8 Å². The Balaban J connectivity index is 2.00. The molecular formula is C14H18N4O2S. The van der Waals surface area contributed by atoms with Gasteiger partial charge in [-0.15, -0.1) is 5.10 Å². The average molecular weight is 306 g/mol. The van der Waals surface area contributed by atoms with E-state index in [1.807, 2.05) is 32.0 Å². The summed E-state index contributed by atoms with van der Waals surface area (Å²) in [5.41, 5.74) is 0.376. The summed E-state index contributed by atoms with van der Waals surface area (Å²) < 4.78 is 1.29. The van der Waals surface area contributed by atoms with Crippen molar-refractivity contribution in [2.45, 2.75) is 31.5 Å². The van der Waals surface area contributed by atoms with E-state index in [4.69, 9.17) is 0 Å². The first-order valence-corrected chi connectivity index (χ1v) is 7.75. The van der Waals surface area contributed by atoms with Crippen molar-refractivity contribution in [2.75, 3.05) is 5.75 Å². The maximum absolute atomic E-state index is 11.8. The smallest absolute Gasteiger partial charge is 0.348 e. The Bertz CT molecular complexity index is 650. The van der Waals surface area contributed by atoms with E-state index in [1.54, 1.807) is 12.1 Å². The van der Waals surface area contributed by atoms with Gasteiger partial charge in [-0.05, 0) is 25.5 Å². The van der Waals surface area contributed by atoms with Gasteiger partial charge in [0.15, 0.2) is 5.16 Å². The van der Waals surface area contributed by atoms with E-state index < -0.39 is 0 Å². The van der Waals surface area contributed by atoms with Crippen molar-refractivity contribution in [2.24, 2.45) is 0 Å². The summed E-state index contributed by atoms with van der Waals surface area (Å²) in [7, 11) is 0. The lowest BCUT2D eigenvalue weighted by Gasteiger charge is -2.10. The van der Waals surface area contributed by atoms with Crippen LogP contribution < -0.4 is 11.0 Å². The van der Waals surface area contributed by atoms with Gasteiger partial charge in [-0.3, -0.25) is 9.78 Å². The van der Waals surface area contributed by atoms with Gasteiger partial charge >= 0.3 is 5.69 Å². The van der Waals surface area contributed by atoms with E-state index in [9.17, 15) is 9.59 Å². The van der Waals surface area contributed by atoms with Crippen LogP contribution in [0, 0.1) is 0 Å². The molecule has 0 spiro atoms. The largest absolute Gasteiger partial charge is 0.353 e. The SMILES string of the molecule is CC[C@@H](C)NC(=O)CSc1nn(-c2ccccc2)c(=O)[nH]1. The highest BCUT2D eigenvalue weighted by atomic mass is 32.2. The molecule has 0 aliphatic carbocycles. The van der Waals surface area contributed by atoms with E-state index in [2.05, 4.69) is 15.4 Å². The lowest BCUT2D eigenvalue weighted by atomic mass is 10.3. The third-order valence-corrected chi connectivity index (χ3v) is 3.82. The van der Waals surface area contributed by atoms with Gasteiger partial charge in [0.1, 0.15) is 0 Å². The minimum Gasteiger partial charge on any atom is -0.353 e. The Morgan fingerprint density at radius 3 is 2.81 bits per heavy atom. The molecule has 1 aromatic heterocycles. The molecule has 0 unspecified atom stereocenters. The summed E-state index contributed by atoms with van der Waals surface area (Å²) in [4.78, 5) is 26.2. The van der Waals surface area contributed by atoms with E-state index in [1.165, 1.54) is 16.4 Å². The van der Waals surface area contributed by atoms with Crippen LogP contribution >= 0.6 is 11.8 Å². The number of thioether (sulfide) groups is 1. The first-order valence-electron chi connectivity index (χ1n) is 6.77. The third-order valence-electron chi connectivity index (χ3n) is 2.96. The van der Waals surface area contributed by atoms with Crippen LogP contribution in [-0.4, -0.2) is 32.5 Å².